The summed E-state index contributed by atoms with van der Waals surface area (Å²) in [5, 5.41) is 1.11. The molecule has 0 bridgehead atoms. The van der Waals surface area contributed by atoms with Gasteiger partial charge in [-0.3, -0.25) is 4.79 Å². The molecule has 6 nitrogen and oxygen atoms in total. The molecule has 0 N–H and O–H groups in total. The monoisotopic (exact) mass is 583 g/mol. The van der Waals surface area contributed by atoms with Crippen LogP contribution in [0.1, 0.15) is 43.8 Å². The largest absolute Gasteiger partial charge is 0.487 e. The number of carbonyl (C=O) groups is 1. The van der Waals surface area contributed by atoms with Gasteiger partial charge >= 0.3 is 5.97 Å². The molecular weight excluding hydrogens is 554 g/mol. The lowest BCUT2D eigenvalue weighted by Crippen LogP contribution is -2.11. The lowest BCUT2D eigenvalue weighted by molar-refractivity contribution is -0.145. The van der Waals surface area contributed by atoms with Crippen molar-refractivity contribution in [1.29, 1.82) is 0 Å². The average molecular weight is 585 g/mol. The Kier molecular flexibility index (Phi) is 6.63. The van der Waals surface area contributed by atoms with Gasteiger partial charge < -0.3 is 14.0 Å². The zero-order chi connectivity index (χ0) is 27.1. The average Bonchev–Trinajstić information content (AvgIpc) is 3.34. The Morgan fingerprint density at radius 2 is 1.77 bits per heavy atom. The fourth-order valence-electron chi connectivity index (χ4n) is 5.53. The number of para-hydroxylation sites is 1. The summed E-state index contributed by atoms with van der Waals surface area (Å²) in [7, 11) is 0. The van der Waals surface area contributed by atoms with Crippen molar-refractivity contribution in [3.05, 3.63) is 100 Å². The topological polar surface area (TPSA) is 66.2 Å². The standard InChI is InChI=1S/C32H30BrN3O3/c1-4-38-31(37)29-28(32(29,2)3)30-35-26-17-24(39-19-23-14-11-21-7-5-6-8-25(21)34-23)15-16-27(26)36(30)18-20-9-12-22(33)13-10-20/h5-17,28-29H,4,18-19H2,1-3H3. The van der Waals surface area contributed by atoms with Crippen LogP contribution in [-0.2, 0) is 22.7 Å². The molecule has 198 valence electrons. The number of esters is 1. The number of carbonyl (C=O) groups excluding carboxylic acids is 1. The van der Waals surface area contributed by atoms with E-state index in [1.807, 2.05) is 55.5 Å². The fourth-order valence-corrected chi connectivity index (χ4v) is 5.80. The molecule has 0 aliphatic heterocycles. The Morgan fingerprint density at radius 3 is 2.56 bits per heavy atom. The Balaban J connectivity index is 1.32. The van der Waals surface area contributed by atoms with Crippen LogP contribution in [0.2, 0.25) is 0 Å². The van der Waals surface area contributed by atoms with Crippen LogP contribution in [0, 0.1) is 11.3 Å². The Bertz CT molecular complexity index is 1680. The van der Waals surface area contributed by atoms with E-state index in [0.29, 0.717) is 19.8 Å². The summed E-state index contributed by atoms with van der Waals surface area (Å²) in [5.41, 5.74) is 4.60. The first-order valence-electron chi connectivity index (χ1n) is 13.2. The van der Waals surface area contributed by atoms with E-state index in [4.69, 9.17) is 19.4 Å². The minimum Gasteiger partial charge on any atom is -0.487 e. The van der Waals surface area contributed by atoms with Gasteiger partial charge in [0.2, 0.25) is 0 Å². The third-order valence-corrected chi connectivity index (χ3v) is 8.22. The van der Waals surface area contributed by atoms with Crippen LogP contribution < -0.4 is 4.74 Å². The Hall–Kier alpha value is -3.71. The van der Waals surface area contributed by atoms with Gasteiger partial charge in [0.25, 0.3) is 0 Å². The highest BCUT2D eigenvalue weighted by atomic mass is 79.9. The second-order valence-corrected chi connectivity index (χ2v) is 11.6. The maximum atomic E-state index is 12.8. The molecule has 2 atom stereocenters. The van der Waals surface area contributed by atoms with Gasteiger partial charge in [-0.05, 0) is 54.3 Å². The van der Waals surface area contributed by atoms with E-state index < -0.39 is 0 Å². The summed E-state index contributed by atoms with van der Waals surface area (Å²) in [5.74, 6) is 1.25. The number of rotatable bonds is 8. The van der Waals surface area contributed by atoms with Crippen LogP contribution in [0.25, 0.3) is 21.9 Å². The second-order valence-electron chi connectivity index (χ2n) is 10.6. The van der Waals surface area contributed by atoms with Crippen LogP contribution in [0.4, 0.5) is 0 Å². The van der Waals surface area contributed by atoms with E-state index in [1.54, 1.807) is 0 Å². The van der Waals surface area contributed by atoms with E-state index in [1.165, 1.54) is 0 Å². The fraction of sp³-hybridized carbons (Fsp3) is 0.281. The quantitative estimate of drug-likeness (QED) is 0.180. The van der Waals surface area contributed by atoms with Crippen molar-refractivity contribution >= 4 is 43.8 Å². The highest BCUT2D eigenvalue weighted by Crippen LogP contribution is 2.64. The van der Waals surface area contributed by atoms with Crippen LogP contribution in [0.3, 0.4) is 0 Å². The Morgan fingerprint density at radius 1 is 0.974 bits per heavy atom. The number of pyridine rings is 1. The van der Waals surface area contributed by atoms with E-state index >= 15 is 0 Å². The summed E-state index contributed by atoms with van der Waals surface area (Å²) in [6, 6.07) is 26.4. The predicted octanol–water partition coefficient (Wildman–Crippen LogP) is 7.28. The van der Waals surface area contributed by atoms with Gasteiger partial charge in [-0.25, -0.2) is 9.97 Å². The van der Waals surface area contributed by atoms with Crippen molar-refractivity contribution in [2.75, 3.05) is 6.61 Å². The van der Waals surface area contributed by atoms with E-state index in [9.17, 15) is 4.79 Å². The van der Waals surface area contributed by atoms with Crippen LogP contribution in [0.5, 0.6) is 5.75 Å². The van der Waals surface area contributed by atoms with Crippen molar-refractivity contribution in [1.82, 2.24) is 14.5 Å². The normalized spacial score (nSPS) is 17.8. The molecule has 2 aromatic heterocycles. The number of ether oxygens (including phenoxy) is 2. The maximum Gasteiger partial charge on any atom is 0.310 e. The molecule has 5 aromatic rings. The number of halogens is 1. The minimum absolute atomic E-state index is 0.0226. The van der Waals surface area contributed by atoms with Crippen molar-refractivity contribution in [2.45, 2.75) is 39.8 Å². The van der Waals surface area contributed by atoms with Gasteiger partial charge in [-0.15, -0.1) is 0 Å². The van der Waals surface area contributed by atoms with Crippen LogP contribution >= 0.6 is 15.9 Å². The minimum atomic E-state index is -0.230. The zero-order valence-corrected chi connectivity index (χ0v) is 23.8. The van der Waals surface area contributed by atoms with Crippen molar-refractivity contribution < 1.29 is 14.3 Å². The summed E-state index contributed by atoms with van der Waals surface area (Å²) in [6.07, 6.45) is 0. The Labute approximate surface area is 236 Å². The van der Waals surface area contributed by atoms with Crippen molar-refractivity contribution in [2.24, 2.45) is 11.3 Å². The van der Waals surface area contributed by atoms with E-state index in [0.717, 1.165) is 49.2 Å². The number of nitrogens with zero attached hydrogens (tertiary/aromatic N) is 3. The summed E-state index contributed by atoms with van der Waals surface area (Å²) >= 11 is 3.53. The van der Waals surface area contributed by atoms with Gasteiger partial charge in [-0.2, -0.15) is 0 Å². The molecule has 1 fully saturated rings. The first kappa shape index (κ1) is 25.6. The highest BCUT2D eigenvalue weighted by molar-refractivity contribution is 9.10. The zero-order valence-electron chi connectivity index (χ0n) is 22.2. The molecule has 3 aromatic carbocycles. The smallest absolute Gasteiger partial charge is 0.310 e. The molecule has 1 saturated carbocycles. The summed E-state index contributed by atoms with van der Waals surface area (Å²) in [6.45, 7) is 7.48. The van der Waals surface area contributed by atoms with Gasteiger partial charge in [0.1, 0.15) is 18.2 Å². The lowest BCUT2D eigenvalue weighted by Gasteiger charge is -2.11. The molecule has 39 heavy (non-hydrogen) atoms. The maximum absolute atomic E-state index is 12.8. The van der Waals surface area contributed by atoms with Crippen LogP contribution in [-0.4, -0.2) is 27.1 Å². The lowest BCUT2D eigenvalue weighted by atomic mass is 10.1. The predicted molar refractivity (Wildman–Crippen MR) is 156 cm³/mol. The molecule has 0 spiro atoms. The number of fused-ring (bicyclic) bond motifs is 2. The molecule has 0 amide bonds. The second kappa shape index (κ2) is 10.1. The molecule has 1 aliphatic carbocycles. The van der Waals surface area contributed by atoms with Crippen LogP contribution in [0.15, 0.2) is 83.3 Å². The van der Waals surface area contributed by atoms with Gasteiger partial charge in [0.05, 0.1) is 34.8 Å². The third-order valence-electron chi connectivity index (χ3n) is 7.69. The molecule has 2 heterocycles. The third kappa shape index (κ3) is 4.91. The first-order valence-corrected chi connectivity index (χ1v) is 14.0. The highest BCUT2D eigenvalue weighted by Gasteiger charge is 2.65. The molecular formula is C32H30BrN3O3. The number of hydrogen-bond donors (Lipinski definition) is 0. The van der Waals surface area contributed by atoms with E-state index in [2.05, 4.69) is 64.7 Å². The number of benzene rings is 3. The first-order chi connectivity index (χ1) is 18.8. The van der Waals surface area contributed by atoms with Gasteiger partial charge in [-0.1, -0.05) is 66.2 Å². The van der Waals surface area contributed by atoms with Crippen molar-refractivity contribution in [3.8, 4) is 5.75 Å². The summed E-state index contributed by atoms with van der Waals surface area (Å²) in [4.78, 5) is 22.6. The van der Waals surface area contributed by atoms with Gasteiger partial charge in [0, 0.05) is 28.4 Å². The van der Waals surface area contributed by atoms with Gasteiger partial charge in [0.15, 0.2) is 0 Å². The molecule has 1 aliphatic rings. The molecule has 6 rings (SSSR count). The molecule has 0 radical (unpaired) electrons. The molecule has 0 saturated heterocycles. The van der Waals surface area contributed by atoms with Crippen molar-refractivity contribution in [3.63, 3.8) is 0 Å². The number of hydrogen-bond acceptors (Lipinski definition) is 5. The molecule has 2 unspecified atom stereocenters. The SMILES string of the molecule is CCOC(=O)C1C(c2nc3cc(OCc4ccc5ccccc5n4)ccc3n2Cc2ccc(Br)cc2)C1(C)C. The van der Waals surface area contributed by atoms with E-state index in [-0.39, 0.29) is 23.2 Å². The molecule has 7 heteroatoms. The number of imidazole rings is 1. The number of aromatic nitrogens is 3. The summed E-state index contributed by atoms with van der Waals surface area (Å²) < 4.78 is 14.8.